The second-order valence-electron chi connectivity index (χ2n) is 7.00. The molecule has 2 aromatic rings. The van der Waals surface area contributed by atoms with Gasteiger partial charge in [-0.05, 0) is 25.1 Å². The van der Waals surface area contributed by atoms with Crippen molar-refractivity contribution in [2.24, 2.45) is 5.92 Å². The number of rotatable bonds is 5. The first-order valence-electron chi connectivity index (χ1n) is 9.23. The Morgan fingerprint density at radius 1 is 1.07 bits per heavy atom. The molecular formula is C22H23NO6S. The zero-order valence-corrected chi connectivity index (χ0v) is 17.8. The predicted molar refractivity (Wildman–Crippen MR) is 112 cm³/mol. The van der Waals surface area contributed by atoms with E-state index in [4.69, 9.17) is 9.47 Å². The second-order valence-corrected chi connectivity index (χ2v) is 8.86. The lowest BCUT2D eigenvalue weighted by Crippen LogP contribution is -2.58. The second kappa shape index (κ2) is 7.95. The smallest absolute Gasteiger partial charge is 0.328 e. The maximum absolute atomic E-state index is 13.5. The summed E-state index contributed by atoms with van der Waals surface area (Å²) in [4.78, 5) is 26.0. The quantitative estimate of drug-likeness (QED) is 0.412. The number of sulfonamides is 1. The monoisotopic (exact) mass is 429 g/mol. The summed E-state index contributed by atoms with van der Waals surface area (Å²) in [5.74, 6) is -2.58. The largest absolute Gasteiger partial charge is 0.468 e. The first kappa shape index (κ1) is 21.6. The first-order chi connectivity index (χ1) is 14.2. The number of methoxy groups -OCH3 is 2. The van der Waals surface area contributed by atoms with Crippen LogP contribution in [-0.4, -0.2) is 41.1 Å². The number of para-hydroxylation sites is 1. The van der Waals surface area contributed by atoms with Gasteiger partial charge in [0, 0.05) is 18.0 Å². The topological polar surface area (TPSA) is 90.0 Å². The van der Waals surface area contributed by atoms with Crippen LogP contribution in [-0.2, 0) is 34.5 Å². The molecule has 1 atom stereocenters. The van der Waals surface area contributed by atoms with Crippen molar-refractivity contribution in [3.8, 4) is 0 Å². The fourth-order valence-corrected chi connectivity index (χ4v) is 5.39. The van der Waals surface area contributed by atoms with Crippen molar-refractivity contribution in [2.45, 2.75) is 17.2 Å². The minimum absolute atomic E-state index is 0.106. The highest BCUT2D eigenvalue weighted by Gasteiger charge is 2.60. The van der Waals surface area contributed by atoms with Crippen molar-refractivity contribution in [3.05, 3.63) is 72.3 Å². The maximum atomic E-state index is 13.5. The predicted octanol–water partition coefficient (Wildman–Crippen LogP) is 2.59. The van der Waals surface area contributed by atoms with Gasteiger partial charge in [0.05, 0.1) is 24.8 Å². The van der Waals surface area contributed by atoms with Gasteiger partial charge in [-0.2, -0.15) is 0 Å². The number of benzene rings is 2. The van der Waals surface area contributed by atoms with Crippen molar-refractivity contribution < 1.29 is 27.5 Å². The Labute approximate surface area is 176 Å². The summed E-state index contributed by atoms with van der Waals surface area (Å²) < 4.78 is 38.1. The SMILES string of the molecule is C=CC1CN(S(=O)(=O)c2ccc(C)cc2)c2ccccc2C1(C(=O)OC)C(=O)OC. The molecule has 0 bridgehead atoms. The maximum Gasteiger partial charge on any atom is 0.328 e. The Bertz CT molecular complexity index is 1070. The third kappa shape index (κ3) is 3.08. The van der Waals surface area contributed by atoms with Crippen LogP contribution >= 0.6 is 0 Å². The highest BCUT2D eigenvalue weighted by molar-refractivity contribution is 7.92. The van der Waals surface area contributed by atoms with Crippen molar-refractivity contribution in [1.29, 1.82) is 0 Å². The molecule has 0 fully saturated rings. The first-order valence-corrected chi connectivity index (χ1v) is 10.7. The van der Waals surface area contributed by atoms with Gasteiger partial charge >= 0.3 is 11.9 Å². The van der Waals surface area contributed by atoms with Crippen molar-refractivity contribution in [2.75, 3.05) is 25.1 Å². The number of aryl methyl sites for hydroxylation is 1. The molecule has 1 aliphatic heterocycles. The molecule has 3 rings (SSSR count). The molecule has 0 saturated carbocycles. The Morgan fingerprint density at radius 2 is 1.63 bits per heavy atom. The lowest BCUT2D eigenvalue weighted by Gasteiger charge is -2.44. The van der Waals surface area contributed by atoms with Gasteiger partial charge in [0.15, 0.2) is 5.41 Å². The number of esters is 2. The molecule has 0 amide bonds. The minimum atomic E-state index is -3.97. The van der Waals surface area contributed by atoms with Crippen LogP contribution in [0.3, 0.4) is 0 Å². The van der Waals surface area contributed by atoms with Crippen LogP contribution in [0.5, 0.6) is 0 Å². The molecule has 0 aromatic heterocycles. The van der Waals surface area contributed by atoms with Gasteiger partial charge in [0.1, 0.15) is 0 Å². The van der Waals surface area contributed by atoms with Gasteiger partial charge in [0.25, 0.3) is 10.0 Å². The zero-order chi connectivity index (χ0) is 22.1. The number of hydrogen-bond donors (Lipinski definition) is 0. The van der Waals surface area contributed by atoms with E-state index < -0.39 is 33.3 Å². The average molecular weight is 429 g/mol. The third-order valence-corrected chi connectivity index (χ3v) is 7.22. The van der Waals surface area contributed by atoms with Crippen LogP contribution in [0.2, 0.25) is 0 Å². The number of anilines is 1. The minimum Gasteiger partial charge on any atom is -0.468 e. The van der Waals surface area contributed by atoms with Crippen LogP contribution < -0.4 is 4.31 Å². The Morgan fingerprint density at radius 3 is 2.17 bits per heavy atom. The molecule has 0 saturated heterocycles. The number of fused-ring (bicyclic) bond motifs is 1. The van der Waals surface area contributed by atoms with E-state index in [0.717, 1.165) is 5.56 Å². The molecule has 2 aromatic carbocycles. The van der Waals surface area contributed by atoms with Gasteiger partial charge in [-0.25, -0.2) is 8.42 Å². The lowest BCUT2D eigenvalue weighted by atomic mass is 9.67. The molecule has 158 valence electrons. The van der Waals surface area contributed by atoms with Crippen LogP contribution in [0.1, 0.15) is 11.1 Å². The molecule has 0 aliphatic carbocycles. The molecule has 7 nitrogen and oxygen atoms in total. The van der Waals surface area contributed by atoms with E-state index in [1.807, 2.05) is 6.92 Å². The van der Waals surface area contributed by atoms with Crippen LogP contribution in [0, 0.1) is 12.8 Å². The molecule has 0 radical (unpaired) electrons. The summed E-state index contributed by atoms with van der Waals surface area (Å²) in [6.07, 6.45) is 1.39. The van der Waals surface area contributed by atoms with E-state index in [0.29, 0.717) is 0 Å². The standard InChI is InChI=1S/C22H23NO6S/c1-5-16-14-23(30(26,27)17-12-10-15(2)11-13-17)19-9-7-6-8-18(19)22(16,20(24)28-3)21(25)29-4/h5-13,16H,1,14H2,2-4H3. The number of carbonyl (C=O) groups is 2. The highest BCUT2D eigenvalue weighted by atomic mass is 32.2. The molecule has 0 spiro atoms. The number of nitrogens with zero attached hydrogens (tertiary/aromatic N) is 1. The van der Waals surface area contributed by atoms with E-state index in [1.54, 1.807) is 30.3 Å². The van der Waals surface area contributed by atoms with E-state index >= 15 is 0 Å². The van der Waals surface area contributed by atoms with E-state index in [-0.39, 0.29) is 22.7 Å². The molecule has 1 aliphatic rings. The van der Waals surface area contributed by atoms with Gasteiger partial charge < -0.3 is 9.47 Å². The van der Waals surface area contributed by atoms with Gasteiger partial charge in [-0.15, -0.1) is 6.58 Å². The van der Waals surface area contributed by atoms with E-state index in [2.05, 4.69) is 6.58 Å². The normalized spacial score (nSPS) is 17.6. The Balaban J connectivity index is 2.30. The molecule has 1 unspecified atom stereocenters. The molecular weight excluding hydrogens is 406 g/mol. The summed E-state index contributed by atoms with van der Waals surface area (Å²) in [5.41, 5.74) is -0.531. The number of carbonyl (C=O) groups excluding carboxylic acids is 2. The van der Waals surface area contributed by atoms with Gasteiger partial charge in [0.2, 0.25) is 0 Å². The van der Waals surface area contributed by atoms with Gasteiger partial charge in [-0.1, -0.05) is 42.0 Å². The van der Waals surface area contributed by atoms with Crippen molar-refractivity contribution >= 4 is 27.6 Å². The highest BCUT2D eigenvalue weighted by Crippen LogP contribution is 2.47. The van der Waals surface area contributed by atoms with E-state index in [9.17, 15) is 18.0 Å². The molecule has 30 heavy (non-hydrogen) atoms. The summed E-state index contributed by atoms with van der Waals surface area (Å²) in [5, 5.41) is 0. The fourth-order valence-electron chi connectivity index (χ4n) is 3.88. The Hall–Kier alpha value is -3.13. The Kier molecular flexibility index (Phi) is 5.72. The zero-order valence-electron chi connectivity index (χ0n) is 17.0. The van der Waals surface area contributed by atoms with E-state index in [1.165, 1.54) is 42.8 Å². The third-order valence-electron chi connectivity index (χ3n) is 5.42. The lowest BCUT2D eigenvalue weighted by molar-refractivity contribution is -0.164. The summed E-state index contributed by atoms with van der Waals surface area (Å²) >= 11 is 0. The number of hydrogen-bond acceptors (Lipinski definition) is 6. The van der Waals surface area contributed by atoms with Gasteiger partial charge in [-0.3, -0.25) is 13.9 Å². The summed E-state index contributed by atoms with van der Waals surface area (Å²) in [6, 6.07) is 12.8. The number of ether oxygens (including phenoxy) is 2. The van der Waals surface area contributed by atoms with Crippen LogP contribution in [0.25, 0.3) is 0 Å². The average Bonchev–Trinajstić information content (AvgIpc) is 2.76. The molecule has 8 heteroatoms. The summed E-state index contributed by atoms with van der Waals surface area (Å²) in [7, 11) is -1.63. The van der Waals surface area contributed by atoms with Crippen LogP contribution in [0.15, 0.2) is 66.1 Å². The van der Waals surface area contributed by atoms with Crippen molar-refractivity contribution in [3.63, 3.8) is 0 Å². The van der Waals surface area contributed by atoms with Crippen molar-refractivity contribution in [1.82, 2.24) is 0 Å². The fraction of sp³-hybridized carbons (Fsp3) is 0.273. The molecule has 0 N–H and O–H groups in total. The molecule has 1 heterocycles. The van der Waals surface area contributed by atoms with Crippen LogP contribution in [0.4, 0.5) is 5.69 Å². The summed E-state index contributed by atoms with van der Waals surface area (Å²) in [6.45, 7) is 5.43.